The molecule has 0 spiro atoms. The molecule has 0 rings (SSSR count). The van der Waals surface area contributed by atoms with Crippen LogP contribution in [-0.2, 0) is 14.3 Å². The fourth-order valence-electron chi connectivity index (χ4n) is 1.67. The minimum Gasteiger partial charge on any atom is -0.481 e. The molecule has 0 saturated heterocycles. The van der Waals surface area contributed by atoms with Crippen LogP contribution in [0.15, 0.2) is 0 Å². The fourth-order valence-corrected chi connectivity index (χ4v) is 1.67. The highest BCUT2D eigenvalue weighted by Crippen LogP contribution is 2.16. The van der Waals surface area contributed by atoms with Crippen LogP contribution in [0.1, 0.15) is 48.0 Å². The first-order valence-electron chi connectivity index (χ1n) is 6.36. The minimum atomic E-state index is -1.10. The van der Waals surface area contributed by atoms with E-state index in [4.69, 9.17) is 9.84 Å². The first-order chi connectivity index (χ1) is 8.85. The van der Waals surface area contributed by atoms with Crippen LogP contribution in [0.4, 0.5) is 4.79 Å². The van der Waals surface area contributed by atoms with Gasteiger partial charge < -0.3 is 20.5 Å². The first-order valence-corrected chi connectivity index (χ1v) is 6.36. The van der Waals surface area contributed by atoms with Gasteiger partial charge in [0.25, 0.3) is 0 Å². The van der Waals surface area contributed by atoms with Crippen molar-refractivity contribution in [2.45, 2.75) is 65.1 Å². The highest BCUT2D eigenvalue weighted by molar-refractivity contribution is 5.76. The molecule has 116 valence electrons. The van der Waals surface area contributed by atoms with E-state index in [9.17, 15) is 14.4 Å². The summed E-state index contributed by atoms with van der Waals surface area (Å²) in [5, 5.41) is 14.1. The molecule has 2 atom stereocenters. The lowest BCUT2D eigenvalue weighted by atomic mass is 9.89. The van der Waals surface area contributed by atoms with Crippen LogP contribution in [0, 0.1) is 0 Å². The zero-order valence-corrected chi connectivity index (χ0v) is 12.9. The molecule has 0 fully saturated rings. The van der Waals surface area contributed by atoms with Crippen LogP contribution in [0.2, 0.25) is 0 Å². The number of alkyl carbamates (subject to hydrolysis) is 1. The largest absolute Gasteiger partial charge is 0.481 e. The standard InChI is InChI=1S/C13H24N2O5/c1-8(14-11(19)20-12(3,4)5)13(6,7-10(17)18)15-9(2)16/h8H,7H2,1-6H3,(H,14,19)(H,15,16)(H,17,18). The Morgan fingerprint density at radius 2 is 1.70 bits per heavy atom. The lowest BCUT2D eigenvalue weighted by molar-refractivity contribution is -0.139. The Morgan fingerprint density at radius 1 is 1.20 bits per heavy atom. The molecule has 2 amide bonds. The topological polar surface area (TPSA) is 105 Å². The number of amides is 2. The van der Waals surface area contributed by atoms with Crippen molar-refractivity contribution in [2.75, 3.05) is 0 Å². The first kappa shape index (κ1) is 18.2. The van der Waals surface area contributed by atoms with Crippen LogP contribution in [-0.4, -0.2) is 40.3 Å². The molecule has 0 saturated carbocycles. The number of hydrogen-bond acceptors (Lipinski definition) is 4. The normalized spacial score (nSPS) is 15.7. The average Bonchev–Trinajstić information content (AvgIpc) is 2.10. The number of rotatable bonds is 5. The molecule has 0 aromatic heterocycles. The predicted octanol–water partition coefficient (Wildman–Crippen LogP) is 1.27. The van der Waals surface area contributed by atoms with Crippen LogP contribution in [0.5, 0.6) is 0 Å². The van der Waals surface area contributed by atoms with Crippen LogP contribution in [0.3, 0.4) is 0 Å². The van der Waals surface area contributed by atoms with Gasteiger partial charge in [0.05, 0.1) is 18.0 Å². The molecule has 0 aromatic carbocycles. The second-order valence-electron chi connectivity index (χ2n) is 6.04. The molecule has 0 aliphatic rings. The van der Waals surface area contributed by atoms with E-state index in [2.05, 4.69) is 10.6 Å². The van der Waals surface area contributed by atoms with E-state index >= 15 is 0 Å². The summed E-state index contributed by atoms with van der Waals surface area (Å²) in [7, 11) is 0. The van der Waals surface area contributed by atoms with Gasteiger partial charge >= 0.3 is 12.1 Å². The number of carboxylic acids is 1. The minimum absolute atomic E-state index is 0.316. The molecule has 0 heterocycles. The van der Waals surface area contributed by atoms with Gasteiger partial charge in [0.15, 0.2) is 0 Å². The highest BCUT2D eigenvalue weighted by Gasteiger charge is 2.36. The van der Waals surface area contributed by atoms with Crippen LogP contribution in [0.25, 0.3) is 0 Å². The Morgan fingerprint density at radius 3 is 2.05 bits per heavy atom. The summed E-state index contributed by atoms with van der Waals surface area (Å²) in [5.41, 5.74) is -1.75. The zero-order chi connectivity index (χ0) is 16.1. The summed E-state index contributed by atoms with van der Waals surface area (Å²) in [6.45, 7) is 9.64. The number of nitrogens with one attached hydrogen (secondary N) is 2. The summed E-state index contributed by atoms with van der Waals surface area (Å²) in [6.07, 6.45) is -0.976. The Kier molecular flexibility index (Phi) is 5.99. The zero-order valence-electron chi connectivity index (χ0n) is 12.9. The Hall–Kier alpha value is -1.79. The summed E-state index contributed by atoms with van der Waals surface area (Å²) in [6, 6.07) is -0.614. The molecular weight excluding hydrogens is 264 g/mol. The third-order valence-electron chi connectivity index (χ3n) is 2.67. The maximum atomic E-state index is 11.7. The van der Waals surface area contributed by atoms with Crippen molar-refractivity contribution in [1.82, 2.24) is 10.6 Å². The second-order valence-corrected chi connectivity index (χ2v) is 6.04. The van der Waals surface area contributed by atoms with Crippen molar-refractivity contribution in [1.29, 1.82) is 0 Å². The summed E-state index contributed by atoms with van der Waals surface area (Å²) in [5.74, 6) is -1.44. The summed E-state index contributed by atoms with van der Waals surface area (Å²) in [4.78, 5) is 33.8. The van der Waals surface area contributed by atoms with Gasteiger partial charge in [-0.3, -0.25) is 9.59 Å². The Balaban J connectivity index is 4.87. The SMILES string of the molecule is CC(=O)NC(C)(CC(=O)O)C(C)NC(=O)OC(C)(C)C. The smallest absolute Gasteiger partial charge is 0.407 e. The van der Waals surface area contributed by atoms with E-state index in [1.165, 1.54) is 6.92 Å². The van der Waals surface area contributed by atoms with E-state index in [0.29, 0.717) is 0 Å². The number of hydrogen-bond donors (Lipinski definition) is 3. The van der Waals surface area contributed by atoms with E-state index in [1.807, 2.05) is 0 Å². The lowest BCUT2D eigenvalue weighted by Gasteiger charge is -2.35. The Labute approximate surface area is 119 Å². The maximum absolute atomic E-state index is 11.7. The second kappa shape index (κ2) is 6.58. The number of ether oxygens (including phenoxy) is 1. The van der Waals surface area contributed by atoms with E-state index in [1.54, 1.807) is 34.6 Å². The van der Waals surface area contributed by atoms with Gasteiger partial charge in [-0.15, -0.1) is 0 Å². The van der Waals surface area contributed by atoms with Gasteiger partial charge in [-0.1, -0.05) is 0 Å². The van der Waals surface area contributed by atoms with Crippen LogP contribution < -0.4 is 10.6 Å². The average molecular weight is 288 g/mol. The van der Waals surface area contributed by atoms with Crippen molar-refractivity contribution in [3.05, 3.63) is 0 Å². The molecule has 7 nitrogen and oxygen atoms in total. The van der Waals surface area contributed by atoms with Gasteiger partial charge in [0, 0.05) is 6.92 Å². The van der Waals surface area contributed by atoms with Gasteiger partial charge in [-0.05, 0) is 34.6 Å². The van der Waals surface area contributed by atoms with Gasteiger partial charge in [-0.25, -0.2) is 4.79 Å². The maximum Gasteiger partial charge on any atom is 0.407 e. The fraction of sp³-hybridized carbons (Fsp3) is 0.769. The van der Waals surface area contributed by atoms with Crippen molar-refractivity contribution in [3.8, 4) is 0 Å². The van der Waals surface area contributed by atoms with Crippen molar-refractivity contribution in [3.63, 3.8) is 0 Å². The third-order valence-corrected chi connectivity index (χ3v) is 2.67. The molecule has 0 radical (unpaired) electrons. The number of carbonyl (C=O) groups excluding carboxylic acids is 2. The quantitative estimate of drug-likeness (QED) is 0.706. The van der Waals surface area contributed by atoms with Crippen molar-refractivity contribution < 1.29 is 24.2 Å². The van der Waals surface area contributed by atoms with Gasteiger partial charge in [-0.2, -0.15) is 0 Å². The molecule has 0 aliphatic carbocycles. The number of aliphatic carboxylic acids is 1. The number of carbonyl (C=O) groups is 3. The van der Waals surface area contributed by atoms with Gasteiger partial charge in [0.1, 0.15) is 5.60 Å². The van der Waals surface area contributed by atoms with E-state index < -0.39 is 29.2 Å². The van der Waals surface area contributed by atoms with E-state index in [-0.39, 0.29) is 12.3 Å². The molecule has 7 heteroatoms. The van der Waals surface area contributed by atoms with E-state index in [0.717, 1.165) is 0 Å². The molecular formula is C13H24N2O5. The molecule has 20 heavy (non-hydrogen) atoms. The molecule has 0 bridgehead atoms. The molecule has 3 N–H and O–H groups in total. The highest BCUT2D eigenvalue weighted by atomic mass is 16.6. The van der Waals surface area contributed by atoms with Crippen LogP contribution >= 0.6 is 0 Å². The van der Waals surface area contributed by atoms with Gasteiger partial charge in [0.2, 0.25) is 5.91 Å². The summed E-state index contributed by atoms with van der Waals surface area (Å²) < 4.78 is 5.10. The lowest BCUT2D eigenvalue weighted by Crippen LogP contribution is -2.60. The third kappa shape index (κ3) is 6.96. The van der Waals surface area contributed by atoms with Crippen molar-refractivity contribution in [2.24, 2.45) is 0 Å². The van der Waals surface area contributed by atoms with Crippen molar-refractivity contribution >= 4 is 18.0 Å². The molecule has 0 aromatic rings. The molecule has 2 unspecified atom stereocenters. The number of carboxylic acid groups (broad SMARTS) is 1. The predicted molar refractivity (Wildman–Crippen MR) is 73.3 cm³/mol. The molecule has 0 aliphatic heterocycles. The summed E-state index contributed by atoms with van der Waals surface area (Å²) >= 11 is 0. The Bertz CT molecular complexity index is 371. The monoisotopic (exact) mass is 288 g/mol.